The second kappa shape index (κ2) is 8.86. The van der Waals surface area contributed by atoms with Crippen LogP contribution in [-0.4, -0.2) is 47.0 Å². The summed E-state index contributed by atoms with van der Waals surface area (Å²) in [4.78, 5) is 34.2. The van der Waals surface area contributed by atoms with Crippen molar-refractivity contribution in [3.05, 3.63) is 57.2 Å². The van der Waals surface area contributed by atoms with Crippen molar-refractivity contribution in [1.29, 1.82) is 0 Å². The van der Waals surface area contributed by atoms with E-state index in [-0.39, 0.29) is 12.3 Å². The van der Waals surface area contributed by atoms with Crippen molar-refractivity contribution in [3.8, 4) is 0 Å². The number of aliphatic imine (C=N–C) groups is 1. The van der Waals surface area contributed by atoms with Crippen molar-refractivity contribution < 1.29 is 14.3 Å². The summed E-state index contributed by atoms with van der Waals surface area (Å²) in [7, 11) is 1.37. The van der Waals surface area contributed by atoms with Crippen molar-refractivity contribution >= 4 is 40.4 Å². The van der Waals surface area contributed by atoms with Gasteiger partial charge in [-0.05, 0) is 49.3 Å². The first-order valence-corrected chi connectivity index (χ1v) is 11.3. The summed E-state index contributed by atoms with van der Waals surface area (Å²) in [6.07, 6.45) is 3.55. The molecule has 0 N–H and O–H groups in total. The highest BCUT2D eigenvalue weighted by atomic mass is 35.5. The van der Waals surface area contributed by atoms with Gasteiger partial charge in [-0.15, -0.1) is 0 Å². The Bertz CT molecular complexity index is 966. The van der Waals surface area contributed by atoms with Crippen molar-refractivity contribution in [3.63, 3.8) is 0 Å². The maximum absolute atomic E-state index is 12.9. The topological polar surface area (TPSA) is 62.2 Å². The highest BCUT2D eigenvalue weighted by molar-refractivity contribution is 8.16. The second-order valence-corrected chi connectivity index (χ2v) is 8.83. The van der Waals surface area contributed by atoms with Gasteiger partial charge in [-0.3, -0.25) is 4.79 Å². The van der Waals surface area contributed by atoms with Gasteiger partial charge in [0.15, 0.2) is 5.17 Å². The number of ether oxygens (including phenoxy) is 1. The average molecular weight is 446 g/mol. The van der Waals surface area contributed by atoms with Crippen LogP contribution in [0.2, 0.25) is 5.02 Å². The molecule has 0 spiro atoms. The molecule has 1 aromatic rings. The number of methoxy groups -OCH3 is 1. The molecule has 0 radical (unpaired) electrons. The summed E-state index contributed by atoms with van der Waals surface area (Å²) in [5, 5.41) is 3.30. The van der Waals surface area contributed by atoms with E-state index in [0.717, 1.165) is 42.4 Å². The van der Waals surface area contributed by atoms with Gasteiger partial charge in [0.25, 0.3) is 0 Å². The third kappa shape index (κ3) is 4.01. The molecule has 1 atom stereocenters. The quantitative estimate of drug-likeness (QED) is 0.639. The zero-order valence-electron chi connectivity index (χ0n) is 17.1. The zero-order chi connectivity index (χ0) is 21.3. The number of carbonyl (C=O) groups is 2. The lowest BCUT2D eigenvalue weighted by atomic mass is 9.94. The minimum atomic E-state index is -0.445. The van der Waals surface area contributed by atoms with Crippen LogP contribution in [0.5, 0.6) is 0 Å². The molecule has 0 aliphatic carbocycles. The molecule has 3 heterocycles. The third-order valence-electron chi connectivity index (χ3n) is 5.61. The number of allylic oxidation sites excluding steroid dienone is 1. The van der Waals surface area contributed by atoms with Gasteiger partial charge in [0.2, 0.25) is 5.91 Å². The van der Waals surface area contributed by atoms with E-state index in [1.54, 1.807) is 6.07 Å². The molecule has 0 bridgehead atoms. The fraction of sp³-hybridized carbons (Fsp3) is 0.409. The van der Waals surface area contributed by atoms with Crippen LogP contribution in [0.4, 0.5) is 0 Å². The Hall–Kier alpha value is -2.25. The van der Waals surface area contributed by atoms with Gasteiger partial charge < -0.3 is 14.5 Å². The number of amidine groups is 1. The number of likely N-dealkylation sites (tertiary alicyclic amines) is 1. The molecule has 3 aliphatic heterocycles. The highest BCUT2D eigenvalue weighted by Crippen LogP contribution is 2.45. The number of hydrogen-bond donors (Lipinski definition) is 0. The summed E-state index contributed by atoms with van der Waals surface area (Å²) in [6, 6.07) is 6.99. The molecular weight excluding hydrogens is 422 g/mol. The van der Waals surface area contributed by atoms with Gasteiger partial charge >= 0.3 is 5.97 Å². The lowest BCUT2D eigenvalue weighted by molar-refractivity contribution is -0.136. The molecule has 30 heavy (non-hydrogen) atoms. The minimum Gasteiger partial charge on any atom is -0.466 e. The van der Waals surface area contributed by atoms with E-state index in [4.69, 9.17) is 16.3 Å². The number of nitrogens with zero attached hydrogens (tertiary/aromatic N) is 3. The number of rotatable bonds is 4. The molecule has 1 amide bonds. The zero-order valence-corrected chi connectivity index (χ0v) is 18.6. The Kier molecular flexibility index (Phi) is 6.20. The van der Waals surface area contributed by atoms with Gasteiger partial charge in [-0.25, -0.2) is 9.79 Å². The number of thioether (sulfide) groups is 1. The number of halogens is 1. The summed E-state index contributed by atoms with van der Waals surface area (Å²) in [6.45, 7) is 3.43. The maximum atomic E-state index is 12.9. The first-order valence-electron chi connectivity index (χ1n) is 10.1. The Morgan fingerprint density at radius 2 is 2.03 bits per heavy atom. The van der Waals surface area contributed by atoms with E-state index in [1.807, 2.05) is 40.3 Å². The molecule has 0 saturated carbocycles. The van der Waals surface area contributed by atoms with Crippen LogP contribution in [-0.2, 0) is 14.3 Å². The number of benzene rings is 1. The molecule has 158 valence electrons. The maximum Gasteiger partial charge on any atom is 0.338 e. The third-order valence-corrected chi connectivity index (χ3v) is 6.74. The molecule has 1 saturated heterocycles. The molecule has 3 aliphatic rings. The van der Waals surface area contributed by atoms with E-state index in [9.17, 15) is 9.59 Å². The number of piperidine rings is 1. The Morgan fingerprint density at radius 3 is 2.73 bits per heavy atom. The van der Waals surface area contributed by atoms with Gasteiger partial charge in [0.05, 0.1) is 30.8 Å². The number of amides is 1. The smallest absolute Gasteiger partial charge is 0.338 e. The summed E-state index contributed by atoms with van der Waals surface area (Å²) < 4.78 is 5.07. The molecular formula is C22H24ClN3O3S. The highest BCUT2D eigenvalue weighted by Gasteiger charge is 2.41. The van der Waals surface area contributed by atoms with Crippen LogP contribution in [0.1, 0.15) is 44.2 Å². The largest absolute Gasteiger partial charge is 0.466 e. The molecule has 1 unspecified atom stereocenters. The minimum absolute atomic E-state index is 0.110. The van der Waals surface area contributed by atoms with Crippen LogP contribution in [0.3, 0.4) is 0 Å². The molecule has 6 nitrogen and oxygen atoms in total. The predicted octanol–water partition coefficient (Wildman–Crippen LogP) is 4.49. The molecule has 4 rings (SSSR count). The number of fused-ring (bicyclic) bond motifs is 1. The molecule has 0 aromatic heterocycles. The Morgan fingerprint density at radius 1 is 1.27 bits per heavy atom. The summed E-state index contributed by atoms with van der Waals surface area (Å²) in [5.74, 6) is -0.322. The van der Waals surface area contributed by atoms with Crippen molar-refractivity contribution in [2.24, 2.45) is 4.99 Å². The van der Waals surface area contributed by atoms with E-state index >= 15 is 0 Å². The number of carbonyl (C=O) groups excluding carboxylic acids is 2. The van der Waals surface area contributed by atoms with E-state index in [2.05, 4.69) is 4.99 Å². The first-order chi connectivity index (χ1) is 14.5. The van der Waals surface area contributed by atoms with Gasteiger partial charge in [0.1, 0.15) is 0 Å². The lowest BCUT2D eigenvalue weighted by Gasteiger charge is -2.37. The monoisotopic (exact) mass is 445 g/mol. The van der Waals surface area contributed by atoms with E-state index < -0.39 is 12.0 Å². The molecule has 8 heteroatoms. The number of hydrogen-bond acceptors (Lipinski definition) is 6. The van der Waals surface area contributed by atoms with Crippen molar-refractivity contribution in [1.82, 2.24) is 9.80 Å². The van der Waals surface area contributed by atoms with Crippen molar-refractivity contribution in [2.75, 3.05) is 20.2 Å². The standard InChI is InChI=1S/C22H24ClN3O3S/c1-14-19(21(28)29-2)20(15-7-6-8-16(23)11-15)26-17(13-30-22(26)24-14)12-18(27)25-9-4-3-5-10-25/h6-8,11,13,20H,3-5,9-10,12H2,1-2H3. The van der Waals surface area contributed by atoms with Crippen LogP contribution < -0.4 is 0 Å². The molecule has 1 aromatic carbocycles. The van der Waals surface area contributed by atoms with Gasteiger partial charge in [-0.1, -0.05) is 35.5 Å². The van der Waals surface area contributed by atoms with Crippen LogP contribution >= 0.6 is 23.4 Å². The predicted molar refractivity (Wildman–Crippen MR) is 119 cm³/mol. The number of esters is 1. The van der Waals surface area contributed by atoms with Crippen LogP contribution in [0.25, 0.3) is 0 Å². The lowest BCUT2D eigenvalue weighted by Crippen LogP contribution is -2.40. The average Bonchev–Trinajstić information content (AvgIpc) is 3.14. The SMILES string of the molecule is COC(=O)C1=C(C)N=C2SC=C(CC(=O)N3CCCCC3)N2C1c1cccc(Cl)c1. The Balaban J connectivity index is 1.70. The van der Waals surface area contributed by atoms with E-state index in [1.165, 1.54) is 25.3 Å². The summed E-state index contributed by atoms with van der Waals surface area (Å²) in [5.41, 5.74) is 2.77. The fourth-order valence-corrected chi connectivity index (χ4v) is 5.31. The van der Waals surface area contributed by atoms with Crippen LogP contribution in [0.15, 0.2) is 51.6 Å². The first kappa shape index (κ1) is 21.0. The second-order valence-electron chi connectivity index (χ2n) is 7.56. The van der Waals surface area contributed by atoms with Gasteiger partial charge in [0, 0.05) is 23.8 Å². The normalized spacial score (nSPS) is 21.2. The van der Waals surface area contributed by atoms with Crippen LogP contribution in [0, 0.1) is 0 Å². The van der Waals surface area contributed by atoms with Gasteiger partial charge in [-0.2, -0.15) is 0 Å². The molecule has 1 fully saturated rings. The fourth-order valence-electron chi connectivity index (χ4n) is 4.14. The Labute approximate surface area is 185 Å². The van der Waals surface area contributed by atoms with Crippen molar-refractivity contribution in [2.45, 2.75) is 38.6 Å². The van der Waals surface area contributed by atoms with E-state index in [0.29, 0.717) is 16.3 Å². The summed E-state index contributed by atoms with van der Waals surface area (Å²) >= 11 is 7.74.